The standard InChI is InChI=1S/C10H11N5O3S/c1-18-10-13-9(14-15-10)12-7(16)5-11-8(17)6-3-2-4-19-6/h2-4H,5H2,1H3,(H,11,17)(H2,12,13,14,15,16). The Bertz CT molecular complexity index is 565. The van der Waals surface area contributed by atoms with Gasteiger partial charge in [0.1, 0.15) is 0 Å². The zero-order chi connectivity index (χ0) is 13.7. The van der Waals surface area contributed by atoms with E-state index in [0.29, 0.717) is 4.88 Å². The van der Waals surface area contributed by atoms with E-state index in [2.05, 4.69) is 25.8 Å². The van der Waals surface area contributed by atoms with Crippen molar-refractivity contribution in [3.05, 3.63) is 22.4 Å². The van der Waals surface area contributed by atoms with Crippen LogP contribution in [0.1, 0.15) is 9.67 Å². The molecule has 8 nitrogen and oxygen atoms in total. The number of carbonyl (C=O) groups is 2. The number of hydrogen-bond donors (Lipinski definition) is 3. The number of nitrogens with one attached hydrogen (secondary N) is 3. The van der Waals surface area contributed by atoms with Gasteiger partial charge in [0.15, 0.2) is 0 Å². The zero-order valence-electron chi connectivity index (χ0n) is 9.97. The lowest BCUT2D eigenvalue weighted by atomic mass is 10.4. The summed E-state index contributed by atoms with van der Waals surface area (Å²) in [7, 11) is 1.41. The van der Waals surface area contributed by atoms with Gasteiger partial charge in [0.2, 0.25) is 11.9 Å². The van der Waals surface area contributed by atoms with Gasteiger partial charge in [-0.3, -0.25) is 14.9 Å². The second-order valence-electron chi connectivity index (χ2n) is 3.38. The van der Waals surface area contributed by atoms with Crippen molar-refractivity contribution in [1.82, 2.24) is 20.5 Å². The average Bonchev–Trinajstić information content (AvgIpc) is 3.06. The van der Waals surface area contributed by atoms with Gasteiger partial charge in [-0.2, -0.15) is 4.98 Å². The maximum absolute atomic E-state index is 11.6. The summed E-state index contributed by atoms with van der Waals surface area (Å²) in [5.41, 5.74) is 0. The highest BCUT2D eigenvalue weighted by molar-refractivity contribution is 7.12. The largest absolute Gasteiger partial charge is 0.466 e. The molecule has 0 aromatic carbocycles. The molecule has 0 aliphatic rings. The molecule has 0 fully saturated rings. The van der Waals surface area contributed by atoms with Crippen molar-refractivity contribution in [2.24, 2.45) is 0 Å². The molecule has 0 atom stereocenters. The number of methoxy groups -OCH3 is 1. The number of carbonyl (C=O) groups excluding carboxylic acids is 2. The molecule has 0 saturated heterocycles. The highest BCUT2D eigenvalue weighted by Crippen LogP contribution is 2.07. The molecular weight excluding hydrogens is 270 g/mol. The number of amides is 2. The molecule has 19 heavy (non-hydrogen) atoms. The fourth-order valence-corrected chi connectivity index (χ4v) is 1.87. The maximum Gasteiger partial charge on any atom is 0.336 e. The van der Waals surface area contributed by atoms with Gasteiger partial charge in [0.05, 0.1) is 18.5 Å². The minimum Gasteiger partial charge on any atom is -0.466 e. The molecule has 2 aromatic heterocycles. The molecule has 3 N–H and O–H groups in total. The summed E-state index contributed by atoms with van der Waals surface area (Å²) in [4.78, 5) is 27.5. The molecule has 0 unspecified atom stereocenters. The van der Waals surface area contributed by atoms with Gasteiger partial charge in [-0.1, -0.05) is 6.07 Å². The predicted molar refractivity (Wildman–Crippen MR) is 68.2 cm³/mol. The van der Waals surface area contributed by atoms with Crippen molar-refractivity contribution in [2.45, 2.75) is 0 Å². The highest BCUT2D eigenvalue weighted by atomic mass is 32.1. The van der Waals surface area contributed by atoms with Gasteiger partial charge in [-0.15, -0.1) is 16.4 Å². The second-order valence-corrected chi connectivity index (χ2v) is 4.33. The molecule has 0 radical (unpaired) electrons. The molecule has 0 spiro atoms. The van der Waals surface area contributed by atoms with Crippen LogP contribution in [0.2, 0.25) is 0 Å². The van der Waals surface area contributed by atoms with Gasteiger partial charge in [-0.25, -0.2) is 5.10 Å². The predicted octanol–water partition coefficient (Wildman–Crippen LogP) is 0.243. The first-order chi connectivity index (χ1) is 9.19. The lowest BCUT2D eigenvalue weighted by Gasteiger charge is -2.03. The third-order valence-corrected chi connectivity index (χ3v) is 2.93. The van der Waals surface area contributed by atoms with Crippen LogP contribution in [0.15, 0.2) is 17.5 Å². The Morgan fingerprint density at radius 3 is 3.00 bits per heavy atom. The van der Waals surface area contributed by atoms with E-state index in [0.717, 1.165) is 0 Å². The summed E-state index contributed by atoms with van der Waals surface area (Å²) in [5, 5.41) is 12.9. The molecule has 0 bridgehead atoms. The Balaban J connectivity index is 1.80. The molecule has 9 heteroatoms. The van der Waals surface area contributed by atoms with Crippen LogP contribution in [0, 0.1) is 0 Å². The van der Waals surface area contributed by atoms with E-state index in [1.807, 2.05) is 0 Å². The van der Waals surface area contributed by atoms with Crippen LogP contribution in [0.4, 0.5) is 5.95 Å². The summed E-state index contributed by atoms with van der Waals surface area (Å²) in [6, 6.07) is 3.57. The summed E-state index contributed by atoms with van der Waals surface area (Å²) < 4.78 is 4.75. The van der Waals surface area contributed by atoms with Crippen LogP contribution in [0.3, 0.4) is 0 Å². The van der Waals surface area contributed by atoms with Gasteiger partial charge in [0.25, 0.3) is 5.91 Å². The molecule has 2 heterocycles. The topological polar surface area (TPSA) is 109 Å². The van der Waals surface area contributed by atoms with E-state index in [4.69, 9.17) is 4.74 Å². The van der Waals surface area contributed by atoms with Crippen LogP contribution in [0.25, 0.3) is 0 Å². The number of aromatic nitrogens is 3. The van der Waals surface area contributed by atoms with Gasteiger partial charge < -0.3 is 10.1 Å². The van der Waals surface area contributed by atoms with E-state index in [1.165, 1.54) is 18.4 Å². The van der Waals surface area contributed by atoms with Crippen molar-refractivity contribution in [2.75, 3.05) is 19.0 Å². The Morgan fingerprint density at radius 1 is 1.53 bits per heavy atom. The zero-order valence-corrected chi connectivity index (χ0v) is 10.8. The second kappa shape index (κ2) is 5.96. The Hall–Kier alpha value is -2.42. The molecule has 100 valence electrons. The smallest absolute Gasteiger partial charge is 0.336 e. The Labute approximate surface area is 112 Å². The monoisotopic (exact) mass is 281 g/mol. The summed E-state index contributed by atoms with van der Waals surface area (Å²) in [6.07, 6.45) is 0. The van der Waals surface area contributed by atoms with Gasteiger partial charge in [-0.05, 0) is 11.4 Å². The number of H-pyrrole nitrogens is 1. The van der Waals surface area contributed by atoms with Crippen LogP contribution in [-0.4, -0.2) is 40.7 Å². The minimum absolute atomic E-state index is 0.123. The summed E-state index contributed by atoms with van der Waals surface area (Å²) in [6.45, 7) is -0.153. The molecule has 2 aromatic rings. The van der Waals surface area contributed by atoms with Crippen molar-refractivity contribution < 1.29 is 14.3 Å². The first-order valence-corrected chi connectivity index (χ1v) is 6.15. The third kappa shape index (κ3) is 3.52. The number of anilines is 1. The first-order valence-electron chi connectivity index (χ1n) is 5.27. The Kier molecular flexibility index (Phi) is 4.08. The highest BCUT2D eigenvalue weighted by Gasteiger charge is 2.10. The van der Waals surface area contributed by atoms with Crippen molar-refractivity contribution in [1.29, 1.82) is 0 Å². The lowest BCUT2D eigenvalue weighted by molar-refractivity contribution is -0.115. The normalized spacial score (nSPS) is 9.95. The lowest BCUT2D eigenvalue weighted by Crippen LogP contribution is -2.32. The SMILES string of the molecule is COc1n[nH]c(NC(=O)CNC(=O)c2cccs2)n1. The van der Waals surface area contributed by atoms with Gasteiger partial charge >= 0.3 is 6.01 Å². The quantitative estimate of drug-likeness (QED) is 0.727. The van der Waals surface area contributed by atoms with Crippen LogP contribution < -0.4 is 15.4 Å². The maximum atomic E-state index is 11.6. The van der Waals surface area contributed by atoms with E-state index >= 15 is 0 Å². The molecule has 0 aliphatic heterocycles. The fraction of sp³-hybridized carbons (Fsp3) is 0.200. The third-order valence-electron chi connectivity index (χ3n) is 2.06. The summed E-state index contributed by atoms with van der Waals surface area (Å²) >= 11 is 1.30. The van der Waals surface area contributed by atoms with E-state index in [9.17, 15) is 9.59 Å². The van der Waals surface area contributed by atoms with Crippen LogP contribution in [-0.2, 0) is 4.79 Å². The van der Waals surface area contributed by atoms with Crippen LogP contribution >= 0.6 is 11.3 Å². The average molecular weight is 281 g/mol. The van der Waals surface area contributed by atoms with Crippen molar-refractivity contribution in [3.8, 4) is 6.01 Å². The molecule has 0 aliphatic carbocycles. The van der Waals surface area contributed by atoms with Crippen LogP contribution in [0.5, 0.6) is 6.01 Å². The number of ether oxygens (including phenoxy) is 1. The van der Waals surface area contributed by atoms with Crippen molar-refractivity contribution in [3.63, 3.8) is 0 Å². The van der Waals surface area contributed by atoms with Gasteiger partial charge in [0, 0.05) is 0 Å². The number of rotatable bonds is 5. The minimum atomic E-state index is -0.413. The van der Waals surface area contributed by atoms with Crippen molar-refractivity contribution >= 4 is 29.1 Å². The Morgan fingerprint density at radius 2 is 2.37 bits per heavy atom. The first kappa shape index (κ1) is 13.0. The number of thiophene rings is 1. The van der Waals surface area contributed by atoms with E-state index < -0.39 is 5.91 Å². The molecule has 2 rings (SSSR count). The van der Waals surface area contributed by atoms with E-state index in [-0.39, 0.29) is 24.4 Å². The van der Waals surface area contributed by atoms with E-state index in [1.54, 1.807) is 17.5 Å². The summed E-state index contributed by atoms with van der Waals surface area (Å²) in [5.74, 6) is -0.545. The molecular formula is C10H11N5O3S. The number of nitrogens with zero attached hydrogens (tertiary/aromatic N) is 2. The molecule has 2 amide bonds. The fourth-order valence-electron chi connectivity index (χ4n) is 1.23. The number of hydrogen-bond acceptors (Lipinski definition) is 6. The molecule has 0 saturated carbocycles. The number of aromatic amines is 1.